The van der Waals surface area contributed by atoms with Crippen LogP contribution in [0.3, 0.4) is 0 Å². The van der Waals surface area contributed by atoms with E-state index in [1.807, 2.05) is 37.3 Å². The van der Waals surface area contributed by atoms with Crippen molar-refractivity contribution in [3.05, 3.63) is 75.4 Å². The molecule has 1 saturated heterocycles. The molecule has 1 amide bonds. The van der Waals surface area contributed by atoms with Gasteiger partial charge in [-0.25, -0.2) is 0 Å². The highest BCUT2D eigenvalue weighted by molar-refractivity contribution is 9.10. The topological polar surface area (TPSA) is 67.1 Å². The number of hydrogen-bond donors (Lipinski definition) is 1. The molecule has 31 heavy (non-hydrogen) atoms. The standard InChI is InChI=1S/C25H24BrN3O2/c1-17-23(13-19(14-27)25(30)28-15-21-5-4-12-31-21)22-6-2-3-7-24(22)29(17)16-18-8-10-20(26)11-9-18/h2-3,6-11,13,21H,4-5,12,15-16H2,1H3,(H,28,30)/b19-13-/t21-/m1/s1. The van der Waals surface area contributed by atoms with Crippen LogP contribution in [-0.2, 0) is 16.1 Å². The van der Waals surface area contributed by atoms with Gasteiger partial charge in [-0.05, 0) is 49.6 Å². The van der Waals surface area contributed by atoms with Crippen LogP contribution in [0.15, 0.2) is 58.6 Å². The number of amides is 1. The number of rotatable bonds is 6. The molecule has 0 spiro atoms. The first-order chi connectivity index (χ1) is 15.1. The molecule has 1 aliphatic rings. The summed E-state index contributed by atoms with van der Waals surface area (Å²) in [5, 5.41) is 13.5. The second kappa shape index (κ2) is 9.51. The molecule has 1 aromatic heterocycles. The summed E-state index contributed by atoms with van der Waals surface area (Å²) in [4.78, 5) is 12.6. The number of carbonyl (C=O) groups excluding carboxylic acids is 1. The van der Waals surface area contributed by atoms with E-state index in [0.717, 1.165) is 46.1 Å². The van der Waals surface area contributed by atoms with E-state index in [4.69, 9.17) is 4.74 Å². The average Bonchev–Trinajstić information content (AvgIpc) is 3.39. The summed E-state index contributed by atoms with van der Waals surface area (Å²) >= 11 is 3.48. The van der Waals surface area contributed by atoms with Gasteiger partial charge in [0.15, 0.2) is 0 Å². The third-order valence-electron chi connectivity index (χ3n) is 5.70. The lowest BCUT2D eigenvalue weighted by Crippen LogP contribution is -2.32. The Morgan fingerprint density at radius 1 is 1.29 bits per heavy atom. The van der Waals surface area contributed by atoms with Crippen molar-refractivity contribution in [2.45, 2.75) is 32.4 Å². The lowest BCUT2D eigenvalue weighted by atomic mass is 10.1. The number of hydrogen-bond acceptors (Lipinski definition) is 3. The average molecular weight is 478 g/mol. The summed E-state index contributed by atoms with van der Waals surface area (Å²) in [6.45, 7) is 3.91. The van der Waals surface area contributed by atoms with Crippen LogP contribution in [0.1, 0.15) is 29.7 Å². The van der Waals surface area contributed by atoms with E-state index in [0.29, 0.717) is 13.1 Å². The highest BCUT2D eigenvalue weighted by Gasteiger charge is 2.19. The Morgan fingerprint density at radius 3 is 2.77 bits per heavy atom. The van der Waals surface area contributed by atoms with Crippen LogP contribution in [-0.4, -0.2) is 29.7 Å². The van der Waals surface area contributed by atoms with Crippen molar-refractivity contribution < 1.29 is 9.53 Å². The van der Waals surface area contributed by atoms with Crippen LogP contribution in [0, 0.1) is 18.3 Å². The molecule has 1 fully saturated rings. The fraction of sp³-hybridized carbons (Fsp3) is 0.280. The molecule has 0 saturated carbocycles. The number of ether oxygens (including phenoxy) is 1. The maximum absolute atomic E-state index is 12.6. The predicted octanol–water partition coefficient (Wildman–Crippen LogP) is 4.96. The molecule has 1 aliphatic heterocycles. The van der Waals surface area contributed by atoms with Gasteiger partial charge in [0.25, 0.3) is 5.91 Å². The number of halogens is 1. The number of benzene rings is 2. The minimum atomic E-state index is -0.359. The van der Waals surface area contributed by atoms with Gasteiger partial charge in [0.2, 0.25) is 0 Å². The summed E-state index contributed by atoms with van der Waals surface area (Å²) in [7, 11) is 0. The molecule has 2 heterocycles. The molecule has 0 radical (unpaired) electrons. The van der Waals surface area contributed by atoms with Gasteiger partial charge in [0, 0.05) is 46.3 Å². The Balaban J connectivity index is 1.66. The third-order valence-corrected chi connectivity index (χ3v) is 6.23. The highest BCUT2D eigenvalue weighted by Crippen LogP contribution is 2.29. The number of fused-ring (bicyclic) bond motifs is 1. The molecule has 3 aromatic rings. The quantitative estimate of drug-likeness (QED) is 0.402. The van der Waals surface area contributed by atoms with Crippen molar-refractivity contribution in [3.8, 4) is 6.07 Å². The molecule has 6 heteroatoms. The summed E-state index contributed by atoms with van der Waals surface area (Å²) in [5.41, 5.74) is 4.27. The lowest BCUT2D eigenvalue weighted by molar-refractivity contribution is -0.117. The predicted molar refractivity (Wildman–Crippen MR) is 125 cm³/mol. The van der Waals surface area contributed by atoms with E-state index in [-0.39, 0.29) is 17.6 Å². The number of para-hydroxylation sites is 1. The van der Waals surface area contributed by atoms with E-state index in [9.17, 15) is 10.1 Å². The Bertz CT molecular complexity index is 1170. The Kier molecular flexibility index (Phi) is 6.55. The van der Waals surface area contributed by atoms with E-state index >= 15 is 0 Å². The number of nitriles is 1. The van der Waals surface area contributed by atoms with Crippen LogP contribution in [0.5, 0.6) is 0 Å². The van der Waals surface area contributed by atoms with Gasteiger partial charge < -0.3 is 14.6 Å². The molecule has 2 aromatic carbocycles. The largest absolute Gasteiger partial charge is 0.376 e. The zero-order valence-corrected chi connectivity index (χ0v) is 19.0. The molecule has 0 bridgehead atoms. The Hall–Kier alpha value is -2.88. The Labute approximate surface area is 190 Å². The molecule has 4 rings (SSSR count). The minimum absolute atomic E-state index is 0.0402. The fourth-order valence-corrected chi connectivity index (χ4v) is 4.28. The van der Waals surface area contributed by atoms with Gasteiger partial charge in [-0.1, -0.05) is 46.3 Å². The minimum Gasteiger partial charge on any atom is -0.376 e. The van der Waals surface area contributed by atoms with Crippen molar-refractivity contribution in [2.24, 2.45) is 0 Å². The van der Waals surface area contributed by atoms with Crippen LogP contribution < -0.4 is 5.32 Å². The van der Waals surface area contributed by atoms with Crippen LogP contribution in [0.4, 0.5) is 0 Å². The zero-order chi connectivity index (χ0) is 21.8. The second-order valence-corrected chi connectivity index (χ2v) is 8.66. The van der Waals surface area contributed by atoms with E-state index in [1.165, 1.54) is 5.56 Å². The summed E-state index contributed by atoms with van der Waals surface area (Å²) < 4.78 is 8.82. The lowest BCUT2D eigenvalue weighted by Gasteiger charge is -2.10. The van der Waals surface area contributed by atoms with Crippen LogP contribution >= 0.6 is 15.9 Å². The second-order valence-electron chi connectivity index (χ2n) is 7.74. The SMILES string of the molecule is Cc1c(/C=C(/C#N)C(=O)NC[C@H]2CCCO2)c2ccccc2n1Cc1ccc(Br)cc1. The number of aromatic nitrogens is 1. The van der Waals surface area contributed by atoms with E-state index in [2.05, 4.69) is 50.1 Å². The normalized spacial score (nSPS) is 16.4. The summed E-state index contributed by atoms with van der Waals surface area (Å²) in [6.07, 6.45) is 3.70. The zero-order valence-electron chi connectivity index (χ0n) is 17.4. The van der Waals surface area contributed by atoms with Gasteiger partial charge >= 0.3 is 0 Å². The van der Waals surface area contributed by atoms with Gasteiger partial charge in [-0.2, -0.15) is 5.26 Å². The summed E-state index contributed by atoms with van der Waals surface area (Å²) in [5.74, 6) is -0.359. The number of nitrogens with zero attached hydrogens (tertiary/aromatic N) is 2. The van der Waals surface area contributed by atoms with Crippen molar-refractivity contribution >= 4 is 38.8 Å². The Morgan fingerprint density at radius 2 is 2.06 bits per heavy atom. The smallest absolute Gasteiger partial charge is 0.262 e. The fourth-order valence-electron chi connectivity index (χ4n) is 4.02. The number of carbonyl (C=O) groups is 1. The van der Waals surface area contributed by atoms with Gasteiger partial charge in [0.1, 0.15) is 11.6 Å². The third kappa shape index (κ3) is 4.73. The van der Waals surface area contributed by atoms with Crippen molar-refractivity contribution in [1.29, 1.82) is 5.26 Å². The van der Waals surface area contributed by atoms with E-state index in [1.54, 1.807) is 6.08 Å². The highest BCUT2D eigenvalue weighted by atomic mass is 79.9. The molecule has 0 aliphatic carbocycles. The van der Waals surface area contributed by atoms with Crippen LogP contribution in [0.2, 0.25) is 0 Å². The van der Waals surface area contributed by atoms with Crippen LogP contribution in [0.25, 0.3) is 17.0 Å². The van der Waals surface area contributed by atoms with Gasteiger partial charge in [-0.3, -0.25) is 4.79 Å². The molecule has 0 unspecified atom stereocenters. The summed E-state index contributed by atoms with van der Waals surface area (Å²) in [6, 6.07) is 18.4. The molecular weight excluding hydrogens is 454 g/mol. The number of nitrogens with one attached hydrogen (secondary N) is 1. The van der Waals surface area contributed by atoms with Gasteiger partial charge in [0.05, 0.1) is 6.10 Å². The van der Waals surface area contributed by atoms with Crippen molar-refractivity contribution in [2.75, 3.05) is 13.2 Å². The first-order valence-electron chi connectivity index (χ1n) is 10.4. The van der Waals surface area contributed by atoms with E-state index < -0.39 is 0 Å². The van der Waals surface area contributed by atoms with Gasteiger partial charge in [-0.15, -0.1) is 0 Å². The molecule has 1 atom stereocenters. The molecule has 158 valence electrons. The maximum Gasteiger partial charge on any atom is 0.262 e. The first-order valence-corrected chi connectivity index (χ1v) is 11.2. The monoisotopic (exact) mass is 477 g/mol. The molecular formula is C25H24BrN3O2. The molecule has 5 nitrogen and oxygen atoms in total. The maximum atomic E-state index is 12.6. The van der Waals surface area contributed by atoms with Crippen molar-refractivity contribution in [1.82, 2.24) is 9.88 Å². The first kappa shape index (κ1) is 21.4. The van der Waals surface area contributed by atoms with Crippen molar-refractivity contribution in [3.63, 3.8) is 0 Å². The molecule has 1 N–H and O–H groups in total.